The minimum absolute atomic E-state index is 0.0268. The molecule has 0 aliphatic carbocycles. The number of hydrogen-bond donors (Lipinski definition) is 8. The summed E-state index contributed by atoms with van der Waals surface area (Å²) in [5.41, 5.74) is 10.0. The third-order valence-corrected chi connectivity index (χ3v) is 9.60. The largest absolute Gasteiger partial charge is 0.472 e. The zero-order valence-corrected chi connectivity index (χ0v) is 31.3. The van der Waals surface area contributed by atoms with Crippen molar-refractivity contribution in [3.63, 3.8) is 0 Å². The van der Waals surface area contributed by atoms with Gasteiger partial charge in [-0.15, -0.1) is 19.2 Å². The Balaban J connectivity index is 1.38. The number of phosphoric ester groups is 2. The van der Waals surface area contributed by atoms with Gasteiger partial charge in [0, 0.05) is 25.1 Å². The second-order valence-electron chi connectivity index (χ2n) is 11.9. The highest BCUT2D eigenvalue weighted by Gasteiger charge is 2.50. The van der Waals surface area contributed by atoms with Gasteiger partial charge >= 0.3 is 27.3 Å². The highest BCUT2D eigenvalue weighted by atomic mass is 32.1. The van der Waals surface area contributed by atoms with Gasteiger partial charge in [0.1, 0.15) is 54.0 Å². The first kappa shape index (κ1) is 42.7. The zero-order valence-electron chi connectivity index (χ0n) is 28.6. The van der Waals surface area contributed by atoms with Gasteiger partial charge in [-0.1, -0.05) is 6.08 Å². The monoisotopic (exact) mass is 847 g/mol. The number of aliphatic hydroxyl groups excluding tert-OH is 1. The van der Waals surface area contributed by atoms with Crippen LogP contribution in [0.4, 0.5) is 11.6 Å². The summed E-state index contributed by atoms with van der Waals surface area (Å²) in [6, 6.07) is 1.26. The Hall–Kier alpha value is -4.43. The molecule has 0 aromatic carbocycles. The fourth-order valence-corrected chi connectivity index (χ4v) is 6.94. The lowest BCUT2D eigenvalue weighted by Crippen LogP contribution is -2.40. The van der Waals surface area contributed by atoms with E-state index in [0.717, 1.165) is 10.9 Å². The molecule has 5 rings (SSSR count). The second-order valence-corrected chi connectivity index (χ2v) is 15.0. The summed E-state index contributed by atoms with van der Waals surface area (Å²) >= 11 is 3.62. The van der Waals surface area contributed by atoms with Crippen molar-refractivity contribution in [3.8, 4) is 0 Å². The number of anilines is 2. The molecular weight excluding hydrogens is 812 g/mol. The number of ether oxygens (including phenoxy) is 3. The van der Waals surface area contributed by atoms with Crippen LogP contribution in [0, 0.1) is 0 Å². The lowest BCUT2D eigenvalue weighted by Gasteiger charge is -2.24. The van der Waals surface area contributed by atoms with Gasteiger partial charge in [-0.05, 0) is 12.5 Å². The van der Waals surface area contributed by atoms with Gasteiger partial charge in [0.25, 0.3) is 0 Å². The molecule has 56 heavy (non-hydrogen) atoms. The molecule has 2 aliphatic heterocycles. The number of hydrogen-bond acceptors (Lipinski definition) is 19. The van der Waals surface area contributed by atoms with Crippen LogP contribution in [0.1, 0.15) is 31.7 Å². The van der Waals surface area contributed by atoms with Crippen molar-refractivity contribution in [3.05, 3.63) is 59.8 Å². The molecule has 2 aliphatic rings. The number of nitrogens with zero attached hydrogens (tertiary/aromatic N) is 6. The fraction of sp³-hybridized carbons (Fsp3) is 0.429. The summed E-state index contributed by atoms with van der Waals surface area (Å²) in [5, 5.41) is 12.7. The van der Waals surface area contributed by atoms with Crippen LogP contribution in [0.3, 0.4) is 0 Å². The van der Waals surface area contributed by atoms with Gasteiger partial charge < -0.3 is 50.8 Å². The van der Waals surface area contributed by atoms with Crippen molar-refractivity contribution in [1.29, 1.82) is 0 Å². The molecule has 3 aromatic rings. The van der Waals surface area contributed by atoms with Crippen LogP contribution in [0.2, 0.25) is 0 Å². The Morgan fingerprint density at radius 1 is 1.09 bits per heavy atom. The molecular formula is C28H35N9O16P2S. The smallest absolute Gasteiger partial charge is 0.452 e. The molecule has 3 aromatic heterocycles. The molecule has 0 saturated carbocycles. The van der Waals surface area contributed by atoms with Gasteiger partial charge in [0.05, 0.1) is 19.5 Å². The van der Waals surface area contributed by atoms with E-state index in [2.05, 4.69) is 49.0 Å². The number of carbonyl (C=O) groups excluding carboxylic acids is 3. The molecule has 25 nitrogen and oxygen atoms in total. The number of allylic oxidation sites excluding steroid dienone is 1. The zero-order chi connectivity index (χ0) is 40.9. The number of nitrogen functional groups attached to an aromatic ring is 2. The van der Waals surface area contributed by atoms with Crippen molar-refractivity contribution < 1.29 is 71.1 Å². The normalized spacial score (nSPS) is 25.2. The first-order valence-corrected chi connectivity index (χ1v) is 19.5. The van der Waals surface area contributed by atoms with Crippen LogP contribution < -0.4 is 22.5 Å². The molecule has 1 amide bonds. The number of fused-ring (bicyclic) bond motifs is 1. The Morgan fingerprint density at radius 3 is 2.50 bits per heavy atom. The SMILES string of the molecule is C=CCCC(=O)N/C(=C\C(=O)S)C(=O)O[C@H]1[C@@H](O)[C@H](n2cnc3c(N)ncnc32)O[C@@H]1COP(=O)(O)O[C@H]1C[C@H](n2ccc(N)nc2=O)O[C@@H]1COP(=O)(O)O. The topological polar surface area (TPSA) is 364 Å². The number of phosphoric acid groups is 2. The van der Waals surface area contributed by atoms with Crippen molar-refractivity contribution in [2.75, 3.05) is 24.7 Å². The molecule has 28 heteroatoms. The first-order chi connectivity index (χ1) is 26.4. The highest BCUT2D eigenvalue weighted by molar-refractivity contribution is 7.97. The molecule has 0 spiro atoms. The number of imidazole rings is 1. The maximum Gasteiger partial charge on any atom is 0.472 e. The Bertz CT molecular complexity index is 2160. The molecule has 1 unspecified atom stereocenters. The average molecular weight is 848 g/mol. The molecule has 5 heterocycles. The second kappa shape index (κ2) is 17.8. The fourth-order valence-electron chi connectivity index (χ4n) is 5.50. The molecule has 9 N–H and O–H groups in total. The van der Waals surface area contributed by atoms with E-state index < -0.39 is 100 Å². The lowest BCUT2D eigenvalue weighted by molar-refractivity contribution is -0.153. The molecule has 0 radical (unpaired) electrons. The van der Waals surface area contributed by atoms with Crippen LogP contribution in [0.15, 0.2) is 54.1 Å². The maximum atomic E-state index is 13.4. The van der Waals surface area contributed by atoms with Crippen molar-refractivity contribution >= 4 is 68.1 Å². The number of esters is 1. The van der Waals surface area contributed by atoms with Gasteiger partial charge in [-0.25, -0.2) is 33.7 Å². The molecule has 2 saturated heterocycles. The van der Waals surface area contributed by atoms with E-state index in [-0.39, 0.29) is 42.1 Å². The van der Waals surface area contributed by atoms with Crippen LogP contribution in [0.5, 0.6) is 0 Å². The summed E-state index contributed by atoms with van der Waals surface area (Å²) in [4.78, 5) is 94.9. The average Bonchev–Trinajstić information content (AvgIpc) is 3.80. The first-order valence-electron chi connectivity index (χ1n) is 16.0. The van der Waals surface area contributed by atoms with E-state index in [1.807, 2.05) is 0 Å². The van der Waals surface area contributed by atoms with Crippen molar-refractivity contribution in [2.24, 2.45) is 0 Å². The summed E-state index contributed by atoms with van der Waals surface area (Å²) in [5.74, 6) is -2.20. The quantitative estimate of drug-likeness (QED) is 0.0258. The van der Waals surface area contributed by atoms with E-state index in [1.54, 1.807) is 0 Å². The van der Waals surface area contributed by atoms with Crippen LogP contribution >= 0.6 is 28.3 Å². The van der Waals surface area contributed by atoms with Gasteiger partial charge in [0.2, 0.25) is 11.0 Å². The van der Waals surface area contributed by atoms with Crippen molar-refractivity contribution in [1.82, 2.24) is 34.4 Å². The van der Waals surface area contributed by atoms with E-state index >= 15 is 0 Å². The Kier molecular flexibility index (Phi) is 13.6. The summed E-state index contributed by atoms with van der Waals surface area (Å²) in [7, 11) is -10.3. The minimum Gasteiger partial charge on any atom is -0.452 e. The van der Waals surface area contributed by atoms with Gasteiger partial charge in [-0.3, -0.25) is 32.3 Å². The predicted octanol–water partition coefficient (Wildman–Crippen LogP) is -1.26. The predicted molar refractivity (Wildman–Crippen MR) is 189 cm³/mol. The summed E-state index contributed by atoms with van der Waals surface area (Å²) in [6.07, 6.45) is -5.57. The number of nitrogens with two attached hydrogens (primary N) is 2. The molecule has 8 atom stereocenters. The Morgan fingerprint density at radius 2 is 1.82 bits per heavy atom. The van der Waals surface area contributed by atoms with E-state index in [0.29, 0.717) is 6.08 Å². The van der Waals surface area contributed by atoms with Crippen molar-refractivity contribution in [2.45, 2.75) is 62.2 Å². The van der Waals surface area contributed by atoms with Crippen LogP contribution in [0.25, 0.3) is 11.2 Å². The van der Waals surface area contributed by atoms with E-state index in [4.69, 9.17) is 34.7 Å². The standard InChI is InChI=1S/C28H35N9O16P2S/c1-2-3-4-18(38)34-13(7-20(39)56)27(41)52-23-16(51-26(22(23)40)37-12-33-21-24(30)31-11-32-25(21)37)10-49-55(46,47)53-14-8-19(36-6-5-17(29)35-28(36)42)50-15(14)9-48-54(43,44)45/h2,5-7,11-12,14-16,19,22-23,26,40H,1,3-4,8-10H2,(H,34,38)(H,39,56)(H,46,47)(H2,29,35,42)(H2,30,31,32)(H2,43,44,45)/b13-7-/t14-,15+,16+,19+,22+,23+,26+/m0/s1. The number of amides is 1. The maximum absolute atomic E-state index is 13.4. The van der Waals surface area contributed by atoms with Crippen LogP contribution in [-0.4, -0.2) is 110 Å². The molecule has 0 bridgehead atoms. The van der Waals surface area contributed by atoms with Gasteiger partial charge in [-0.2, -0.15) is 4.98 Å². The van der Waals surface area contributed by atoms with E-state index in [9.17, 15) is 48.1 Å². The number of aliphatic hydroxyl groups is 1. The highest BCUT2D eigenvalue weighted by Crippen LogP contribution is 2.50. The summed E-state index contributed by atoms with van der Waals surface area (Å²) < 4.78 is 59.1. The minimum atomic E-state index is -5.25. The molecule has 2 fully saturated rings. The van der Waals surface area contributed by atoms with Gasteiger partial charge in [0.15, 0.2) is 23.8 Å². The van der Waals surface area contributed by atoms with E-state index in [1.165, 1.54) is 29.2 Å². The molecule has 304 valence electrons. The van der Waals surface area contributed by atoms with Crippen LogP contribution in [-0.2, 0) is 51.3 Å². The number of nitrogens with one attached hydrogen (secondary N) is 1. The third-order valence-electron chi connectivity index (χ3n) is 7.97. The third kappa shape index (κ3) is 10.7. The number of rotatable bonds is 17. The number of carbonyl (C=O) groups is 3. The number of aromatic nitrogens is 6. The number of thiol groups is 1. The lowest BCUT2D eigenvalue weighted by atomic mass is 10.1. The Labute approximate surface area is 319 Å². The summed E-state index contributed by atoms with van der Waals surface area (Å²) in [6.45, 7) is 1.67.